The fraction of sp³-hybridized carbons (Fsp3) is 0.474. The molecule has 1 aromatic carbocycles. The van der Waals surface area contributed by atoms with Gasteiger partial charge in [0.2, 0.25) is 0 Å². The minimum atomic E-state index is 0. The highest BCUT2D eigenvalue weighted by Gasteiger charge is 2.07. The van der Waals surface area contributed by atoms with Gasteiger partial charge < -0.3 is 19.9 Å². The number of halogens is 1. The molecule has 0 radical (unpaired) electrons. The predicted octanol–water partition coefficient (Wildman–Crippen LogP) is 3.89. The lowest BCUT2D eigenvalue weighted by Gasteiger charge is -2.15. The van der Waals surface area contributed by atoms with Crippen LogP contribution in [0.15, 0.2) is 40.0 Å². The second kappa shape index (κ2) is 11.8. The number of benzene rings is 1. The van der Waals surface area contributed by atoms with Crippen molar-refractivity contribution in [1.82, 2.24) is 15.8 Å². The van der Waals surface area contributed by atoms with Gasteiger partial charge in [0.05, 0.1) is 13.2 Å². The molecule has 1 heterocycles. The molecule has 6 nitrogen and oxygen atoms in total. The Morgan fingerprint density at radius 3 is 2.65 bits per heavy atom. The molecule has 0 bridgehead atoms. The smallest absolute Gasteiger partial charge is 0.191 e. The number of ether oxygens (including phenoxy) is 1. The fourth-order valence-corrected chi connectivity index (χ4v) is 2.25. The number of nitrogens with zero attached hydrogens (tertiary/aromatic N) is 2. The fourth-order valence-electron chi connectivity index (χ4n) is 2.25. The van der Waals surface area contributed by atoms with E-state index in [1.54, 1.807) is 13.3 Å². The van der Waals surface area contributed by atoms with Crippen molar-refractivity contribution in [2.24, 2.45) is 10.9 Å². The van der Waals surface area contributed by atoms with E-state index in [2.05, 4.69) is 59.8 Å². The van der Waals surface area contributed by atoms with Gasteiger partial charge >= 0.3 is 0 Å². The minimum Gasteiger partial charge on any atom is -0.493 e. The standard InChI is InChI=1S/C19H28N4O2.HI/c1-14(2)7-9-24-18-11-15(3)5-6-16(18)12-21-19(20-4)22-13-17-8-10-25-23-17;/h5-6,8,10-11,14H,7,9,12-13H2,1-4H3,(H2,20,21,22);1H. The van der Waals surface area contributed by atoms with E-state index in [0.717, 1.165) is 30.0 Å². The Kier molecular flexibility index (Phi) is 10.1. The van der Waals surface area contributed by atoms with E-state index >= 15 is 0 Å². The molecule has 0 spiro atoms. The highest BCUT2D eigenvalue weighted by atomic mass is 127. The summed E-state index contributed by atoms with van der Waals surface area (Å²) in [7, 11) is 1.74. The molecular formula is C19H29IN4O2. The molecular weight excluding hydrogens is 443 g/mol. The van der Waals surface area contributed by atoms with Crippen LogP contribution in [0.5, 0.6) is 5.75 Å². The van der Waals surface area contributed by atoms with E-state index in [1.807, 2.05) is 6.07 Å². The molecule has 0 amide bonds. The molecule has 2 rings (SSSR count). The first-order valence-corrected chi connectivity index (χ1v) is 8.64. The summed E-state index contributed by atoms with van der Waals surface area (Å²) in [5.74, 6) is 2.27. The Morgan fingerprint density at radius 1 is 1.23 bits per heavy atom. The van der Waals surface area contributed by atoms with E-state index in [1.165, 1.54) is 5.56 Å². The van der Waals surface area contributed by atoms with Crippen LogP contribution < -0.4 is 15.4 Å². The summed E-state index contributed by atoms with van der Waals surface area (Å²) >= 11 is 0. The number of hydrogen-bond donors (Lipinski definition) is 2. The average molecular weight is 472 g/mol. The third kappa shape index (κ3) is 7.63. The first-order chi connectivity index (χ1) is 12.1. The molecule has 2 aromatic rings. The van der Waals surface area contributed by atoms with Gasteiger partial charge in [0.15, 0.2) is 5.96 Å². The number of rotatable bonds is 8. The Hall–Kier alpha value is -1.77. The van der Waals surface area contributed by atoms with Crippen LogP contribution in [0, 0.1) is 12.8 Å². The SMILES string of the molecule is CN=C(NCc1ccon1)NCc1ccc(C)cc1OCCC(C)C.I. The van der Waals surface area contributed by atoms with E-state index < -0.39 is 0 Å². The minimum absolute atomic E-state index is 0. The lowest BCUT2D eigenvalue weighted by atomic mass is 10.1. The van der Waals surface area contributed by atoms with Crippen LogP contribution in [0.25, 0.3) is 0 Å². The van der Waals surface area contributed by atoms with E-state index in [0.29, 0.717) is 25.0 Å². The van der Waals surface area contributed by atoms with Crippen molar-refractivity contribution in [3.63, 3.8) is 0 Å². The quantitative estimate of drug-likeness (QED) is 0.347. The van der Waals surface area contributed by atoms with E-state index in [-0.39, 0.29) is 24.0 Å². The Morgan fingerprint density at radius 2 is 2.00 bits per heavy atom. The van der Waals surface area contributed by atoms with E-state index in [9.17, 15) is 0 Å². The van der Waals surface area contributed by atoms with Crippen LogP contribution in [0.4, 0.5) is 0 Å². The first-order valence-electron chi connectivity index (χ1n) is 8.64. The normalized spacial score (nSPS) is 11.2. The van der Waals surface area contributed by atoms with Crippen molar-refractivity contribution < 1.29 is 9.26 Å². The van der Waals surface area contributed by atoms with Crippen LogP contribution in [0.2, 0.25) is 0 Å². The summed E-state index contributed by atoms with van der Waals surface area (Å²) in [6, 6.07) is 8.10. The molecule has 0 atom stereocenters. The van der Waals surface area contributed by atoms with Gasteiger partial charge in [0.1, 0.15) is 17.7 Å². The van der Waals surface area contributed by atoms with E-state index in [4.69, 9.17) is 9.26 Å². The Bertz CT molecular complexity index is 672. The average Bonchev–Trinajstić information content (AvgIpc) is 3.09. The van der Waals surface area contributed by atoms with Gasteiger partial charge in [-0.3, -0.25) is 4.99 Å². The van der Waals surface area contributed by atoms with Crippen LogP contribution in [0.3, 0.4) is 0 Å². The van der Waals surface area contributed by atoms with Gasteiger partial charge in [-0.05, 0) is 30.9 Å². The maximum absolute atomic E-state index is 5.99. The number of nitrogens with one attached hydrogen (secondary N) is 2. The molecule has 144 valence electrons. The molecule has 0 unspecified atom stereocenters. The van der Waals surface area contributed by atoms with Gasteiger partial charge in [-0.1, -0.05) is 31.1 Å². The highest BCUT2D eigenvalue weighted by Crippen LogP contribution is 2.21. The van der Waals surface area contributed by atoms with Gasteiger partial charge in [-0.2, -0.15) is 0 Å². The van der Waals surface area contributed by atoms with Gasteiger partial charge in [0.25, 0.3) is 0 Å². The van der Waals surface area contributed by atoms with Crippen molar-refractivity contribution in [3.8, 4) is 5.75 Å². The second-order valence-corrected chi connectivity index (χ2v) is 6.41. The molecule has 2 N–H and O–H groups in total. The highest BCUT2D eigenvalue weighted by molar-refractivity contribution is 14.0. The van der Waals surface area contributed by atoms with Gasteiger partial charge in [-0.15, -0.1) is 24.0 Å². The third-order valence-electron chi connectivity index (χ3n) is 3.77. The zero-order valence-electron chi connectivity index (χ0n) is 15.9. The molecule has 0 saturated heterocycles. The van der Waals surface area contributed by atoms with Gasteiger partial charge in [0, 0.05) is 25.2 Å². The van der Waals surface area contributed by atoms with Crippen molar-refractivity contribution in [3.05, 3.63) is 47.3 Å². The third-order valence-corrected chi connectivity index (χ3v) is 3.77. The zero-order valence-corrected chi connectivity index (χ0v) is 18.2. The lowest BCUT2D eigenvalue weighted by molar-refractivity contribution is 0.286. The van der Waals surface area contributed by atoms with Crippen molar-refractivity contribution in [2.45, 2.75) is 40.3 Å². The summed E-state index contributed by atoms with van der Waals surface area (Å²) < 4.78 is 10.8. The molecule has 0 aliphatic rings. The topological polar surface area (TPSA) is 71.7 Å². The molecule has 0 fully saturated rings. The number of hydrogen-bond acceptors (Lipinski definition) is 4. The number of guanidine groups is 1. The van der Waals surface area contributed by atoms with Crippen molar-refractivity contribution in [2.75, 3.05) is 13.7 Å². The van der Waals surface area contributed by atoms with Crippen LogP contribution >= 0.6 is 24.0 Å². The van der Waals surface area contributed by atoms with Crippen molar-refractivity contribution >= 4 is 29.9 Å². The van der Waals surface area contributed by atoms with Gasteiger partial charge in [-0.25, -0.2) is 0 Å². The summed E-state index contributed by atoms with van der Waals surface area (Å²) in [5, 5.41) is 10.4. The number of aliphatic imine (C=N–C) groups is 1. The summed E-state index contributed by atoms with van der Waals surface area (Å²) in [6.45, 7) is 8.40. The Labute approximate surface area is 172 Å². The second-order valence-electron chi connectivity index (χ2n) is 6.41. The maximum atomic E-state index is 5.99. The molecule has 1 aromatic heterocycles. The van der Waals surface area contributed by atoms with Crippen molar-refractivity contribution in [1.29, 1.82) is 0 Å². The molecule has 0 aliphatic carbocycles. The van der Waals surface area contributed by atoms with Crippen LogP contribution in [-0.2, 0) is 13.1 Å². The zero-order chi connectivity index (χ0) is 18.1. The van der Waals surface area contributed by atoms with Crippen LogP contribution in [0.1, 0.15) is 37.1 Å². The molecule has 0 saturated carbocycles. The molecule has 7 heteroatoms. The van der Waals surface area contributed by atoms with Crippen LogP contribution in [-0.4, -0.2) is 24.8 Å². The molecule has 26 heavy (non-hydrogen) atoms. The predicted molar refractivity (Wildman–Crippen MR) is 115 cm³/mol. The summed E-state index contributed by atoms with van der Waals surface area (Å²) in [6.07, 6.45) is 2.60. The summed E-state index contributed by atoms with van der Waals surface area (Å²) in [4.78, 5) is 4.23. The number of aryl methyl sites for hydroxylation is 1. The summed E-state index contributed by atoms with van der Waals surface area (Å²) in [5.41, 5.74) is 3.13. The maximum Gasteiger partial charge on any atom is 0.191 e. The monoisotopic (exact) mass is 472 g/mol. The molecule has 0 aliphatic heterocycles. The number of aromatic nitrogens is 1. The largest absolute Gasteiger partial charge is 0.493 e. The Balaban J connectivity index is 0.00000338. The lowest BCUT2D eigenvalue weighted by Crippen LogP contribution is -2.36. The first kappa shape index (κ1) is 22.3.